The largest absolute Gasteiger partial charge is 0.507 e. The number of phenolic OH excluding ortho intramolecular Hbond substituents is 1. The Morgan fingerprint density at radius 1 is 0.509 bits per heavy atom. The Kier molecular flexibility index (Phi) is 9.06. The molecule has 53 heavy (non-hydrogen) atoms. The number of aromatic nitrogens is 2. The Labute approximate surface area is 329 Å². The van der Waals surface area contributed by atoms with Crippen molar-refractivity contribution >= 4 is 11.3 Å². The van der Waals surface area contributed by atoms with E-state index < -0.39 is 0 Å². The van der Waals surface area contributed by atoms with Crippen LogP contribution in [0.2, 0.25) is 0 Å². The van der Waals surface area contributed by atoms with Gasteiger partial charge in [0.15, 0.2) is 0 Å². The summed E-state index contributed by atoms with van der Waals surface area (Å²) in [6.07, 6.45) is 0. The molecule has 1 aliphatic rings. The first-order valence-electron chi connectivity index (χ1n) is 17.5. The number of aromatic hydroxyl groups is 1. The Bertz CT molecular complexity index is 2640. The van der Waals surface area contributed by atoms with Crippen molar-refractivity contribution in [3.05, 3.63) is 175 Å². The van der Waals surface area contributed by atoms with E-state index in [0.29, 0.717) is 11.3 Å². The first kappa shape index (κ1) is 34.7. The zero-order chi connectivity index (χ0) is 35.4. The Morgan fingerprint density at radius 3 is 1.91 bits per heavy atom. The molecule has 3 heterocycles. The minimum Gasteiger partial charge on any atom is -0.507 e. The predicted molar refractivity (Wildman–Crippen MR) is 215 cm³/mol. The molecule has 0 atom stereocenters. The maximum absolute atomic E-state index is 10.7. The number of pyridine rings is 2. The molecule has 0 spiro atoms. The number of nitrogens with zero attached hydrogens (tertiary/aromatic N) is 2. The van der Waals surface area contributed by atoms with Crippen LogP contribution in [0.3, 0.4) is 0 Å². The molecule has 8 aromatic rings. The van der Waals surface area contributed by atoms with E-state index in [-0.39, 0.29) is 32.2 Å². The van der Waals surface area contributed by atoms with Crippen LogP contribution < -0.4 is 0 Å². The van der Waals surface area contributed by atoms with E-state index in [1.54, 1.807) is 6.07 Å². The third-order valence-electron chi connectivity index (χ3n) is 10.2. The molecular weight excluding hydrogens is 848 g/mol. The van der Waals surface area contributed by atoms with Crippen molar-refractivity contribution in [2.75, 3.05) is 0 Å². The van der Waals surface area contributed by atoms with Gasteiger partial charge in [-0.05, 0) is 93.9 Å². The normalized spacial score (nSPS) is 12.5. The monoisotopic (exact) mass is 882 g/mol. The average Bonchev–Trinajstić information content (AvgIpc) is 3.76. The van der Waals surface area contributed by atoms with Crippen LogP contribution in [0.25, 0.3) is 76.9 Å². The summed E-state index contributed by atoms with van der Waals surface area (Å²) in [6.45, 7) is 6.71. The molecule has 9 rings (SSSR count). The number of thiophene rings is 1. The number of rotatable bonds is 6. The van der Waals surface area contributed by atoms with Crippen LogP contribution in [0.5, 0.6) is 5.75 Å². The molecule has 1 aliphatic carbocycles. The van der Waals surface area contributed by atoms with Crippen molar-refractivity contribution in [1.82, 2.24) is 9.97 Å². The molecule has 5 heteroatoms. The standard InChI is InChI=1S/C48H35N2OS.Pt/c1-30-24-36(47-23-22-46(52-47)34-20-21-38-37-16-7-9-18-40(37)48(2,3)41(38)26-34)29-42(49-30)32-14-11-15-33(25-32)43-27-35(31-12-5-4-6-13-31)28-44(50-43)39-17-8-10-19-45(39)51;/h4-24,26-29,51H,1-3H3;/q-1;. The number of aryl methyl sites for hydroxylation is 1. The van der Waals surface area contributed by atoms with Crippen LogP contribution in [-0.2, 0) is 26.5 Å². The zero-order valence-corrected chi connectivity index (χ0v) is 32.6. The fraction of sp³-hybridized carbons (Fsp3) is 0.0833. The van der Waals surface area contributed by atoms with Crippen molar-refractivity contribution in [3.8, 4) is 82.7 Å². The van der Waals surface area contributed by atoms with Gasteiger partial charge in [0.1, 0.15) is 5.75 Å². The van der Waals surface area contributed by atoms with Crippen LogP contribution in [-0.4, -0.2) is 15.1 Å². The van der Waals surface area contributed by atoms with Crippen molar-refractivity contribution in [3.63, 3.8) is 0 Å². The summed E-state index contributed by atoms with van der Waals surface area (Å²) in [5, 5.41) is 10.7. The van der Waals surface area contributed by atoms with Crippen LogP contribution in [0, 0.1) is 13.0 Å². The fourth-order valence-corrected chi connectivity index (χ4v) is 8.51. The minimum absolute atomic E-state index is 0. The molecule has 260 valence electrons. The number of hydrogen-bond donors (Lipinski definition) is 1. The van der Waals surface area contributed by atoms with E-state index >= 15 is 0 Å². The number of benzene rings is 5. The van der Waals surface area contributed by atoms with Crippen molar-refractivity contribution < 1.29 is 26.2 Å². The van der Waals surface area contributed by atoms with Gasteiger partial charge in [-0.25, -0.2) is 0 Å². The molecule has 3 nitrogen and oxygen atoms in total. The van der Waals surface area contributed by atoms with Gasteiger partial charge < -0.3 is 5.11 Å². The van der Waals surface area contributed by atoms with Crippen LogP contribution >= 0.6 is 11.3 Å². The summed E-state index contributed by atoms with van der Waals surface area (Å²) in [5.41, 5.74) is 15.6. The Balaban J connectivity index is 0.00000400. The van der Waals surface area contributed by atoms with Gasteiger partial charge in [-0.1, -0.05) is 116 Å². The second-order valence-corrected chi connectivity index (χ2v) is 15.0. The van der Waals surface area contributed by atoms with E-state index in [9.17, 15) is 5.11 Å². The van der Waals surface area contributed by atoms with Gasteiger partial charge in [0.25, 0.3) is 0 Å². The van der Waals surface area contributed by atoms with Gasteiger partial charge in [-0.3, -0.25) is 9.97 Å². The first-order chi connectivity index (χ1) is 25.3. The number of fused-ring (bicyclic) bond motifs is 3. The Hall–Kier alpha value is -5.41. The molecule has 0 unspecified atom stereocenters. The second-order valence-electron chi connectivity index (χ2n) is 14.0. The van der Waals surface area contributed by atoms with Crippen molar-refractivity contribution in [2.24, 2.45) is 0 Å². The smallest absolute Gasteiger partial charge is 0.124 e. The van der Waals surface area contributed by atoms with Crippen molar-refractivity contribution in [1.29, 1.82) is 0 Å². The molecule has 0 saturated heterocycles. The topological polar surface area (TPSA) is 46.0 Å². The van der Waals surface area contributed by atoms with Gasteiger partial charge in [0.05, 0.1) is 5.69 Å². The van der Waals surface area contributed by atoms with Gasteiger partial charge in [-0.2, -0.15) is 0 Å². The molecule has 0 radical (unpaired) electrons. The summed E-state index contributed by atoms with van der Waals surface area (Å²) >= 11 is 1.81. The van der Waals surface area contributed by atoms with Crippen LogP contribution in [0.15, 0.2) is 152 Å². The third-order valence-corrected chi connectivity index (χ3v) is 11.4. The maximum atomic E-state index is 10.7. The number of hydrogen-bond acceptors (Lipinski definition) is 4. The van der Waals surface area contributed by atoms with E-state index in [0.717, 1.165) is 44.9 Å². The SMILES string of the molecule is Cc1cc(-c2ccc(-c3ccc4c(c3)C(C)(C)c3ccccc3-4)s2)cc(-c2[c-]c(-c3cc(-c4ccccc4)cc(-c4ccccc4O)n3)ccc2)n1.[Pt]. The molecule has 0 fully saturated rings. The van der Waals surface area contributed by atoms with Crippen molar-refractivity contribution in [2.45, 2.75) is 26.2 Å². The second kappa shape index (κ2) is 13.9. The summed E-state index contributed by atoms with van der Waals surface area (Å²) in [4.78, 5) is 12.5. The molecular formula is C48H35N2OPtS-. The molecule has 1 N–H and O–H groups in total. The summed E-state index contributed by atoms with van der Waals surface area (Å²) in [6, 6.07) is 56.0. The summed E-state index contributed by atoms with van der Waals surface area (Å²) in [5.74, 6) is 0.197. The quantitative estimate of drug-likeness (QED) is 0.169. The molecule has 0 saturated carbocycles. The molecule has 5 aromatic carbocycles. The number of para-hydroxylation sites is 1. The van der Waals surface area contributed by atoms with Crippen LogP contribution in [0.1, 0.15) is 30.7 Å². The van der Waals surface area contributed by atoms with E-state index in [1.807, 2.05) is 65.9 Å². The first-order valence-corrected chi connectivity index (χ1v) is 18.4. The van der Waals surface area contributed by atoms with Crippen LogP contribution in [0.4, 0.5) is 0 Å². The van der Waals surface area contributed by atoms with E-state index in [2.05, 4.69) is 118 Å². The maximum Gasteiger partial charge on any atom is 0.124 e. The zero-order valence-electron chi connectivity index (χ0n) is 29.5. The van der Waals surface area contributed by atoms with E-state index in [4.69, 9.17) is 9.97 Å². The predicted octanol–water partition coefficient (Wildman–Crippen LogP) is 12.7. The fourth-order valence-electron chi connectivity index (χ4n) is 7.52. The van der Waals surface area contributed by atoms with Gasteiger partial charge in [-0.15, -0.1) is 35.6 Å². The molecule has 0 bridgehead atoms. The van der Waals surface area contributed by atoms with Gasteiger partial charge in [0.2, 0.25) is 0 Å². The third kappa shape index (κ3) is 6.37. The minimum atomic E-state index is -0.0343. The van der Waals surface area contributed by atoms with Gasteiger partial charge >= 0.3 is 0 Å². The molecule has 3 aromatic heterocycles. The Morgan fingerprint density at radius 2 is 1.13 bits per heavy atom. The summed E-state index contributed by atoms with van der Waals surface area (Å²) in [7, 11) is 0. The molecule has 0 aliphatic heterocycles. The average molecular weight is 883 g/mol. The molecule has 0 amide bonds. The summed E-state index contributed by atoms with van der Waals surface area (Å²) < 4.78 is 0. The number of phenols is 1. The van der Waals surface area contributed by atoms with Gasteiger partial charge in [0, 0.05) is 58.9 Å². The van der Waals surface area contributed by atoms with E-state index in [1.165, 1.54) is 37.6 Å².